The van der Waals surface area contributed by atoms with Gasteiger partial charge < -0.3 is 10.6 Å². The summed E-state index contributed by atoms with van der Waals surface area (Å²) in [7, 11) is 1.94. The highest BCUT2D eigenvalue weighted by Gasteiger charge is 2.25. The highest BCUT2D eigenvalue weighted by atomic mass is 79.9. The third kappa shape index (κ3) is 2.84. The lowest BCUT2D eigenvalue weighted by Gasteiger charge is -2.33. The van der Waals surface area contributed by atoms with Gasteiger partial charge in [-0.25, -0.2) is 4.79 Å². The minimum Gasteiger partial charge on any atom is -0.337 e. The molecular formula is C13H18BrN3O. The number of hydrogen-bond donors (Lipinski definition) is 2. The molecule has 0 bridgehead atoms. The summed E-state index contributed by atoms with van der Waals surface area (Å²) in [4.78, 5) is 13.7. The summed E-state index contributed by atoms with van der Waals surface area (Å²) >= 11 is 3.48. The van der Waals surface area contributed by atoms with Crippen LogP contribution in [0.4, 0.5) is 10.5 Å². The number of urea groups is 1. The largest absolute Gasteiger partial charge is 0.337 e. The zero-order valence-electron chi connectivity index (χ0n) is 10.7. The number of nitrogens with one attached hydrogen (secondary N) is 2. The molecule has 2 amide bonds. The lowest BCUT2D eigenvalue weighted by Crippen LogP contribution is -2.53. The molecule has 1 fully saturated rings. The maximum atomic E-state index is 11.9. The lowest BCUT2D eigenvalue weighted by molar-refractivity contribution is 0.236. The van der Waals surface area contributed by atoms with Crippen molar-refractivity contribution in [2.75, 3.05) is 31.6 Å². The van der Waals surface area contributed by atoms with Crippen molar-refractivity contribution in [1.29, 1.82) is 0 Å². The van der Waals surface area contributed by atoms with E-state index in [2.05, 4.69) is 26.6 Å². The molecule has 1 unspecified atom stereocenters. The lowest BCUT2D eigenvalue weighted by atomic mass is 10.1. The van der Waals surface area contributed by atoms with Crippen LogP contribution in [0.2, 0.25) is 0 Å². The molecule has 5 heteroatoms. The van der Waals surface area contributed by atoms with Gasteiger partial charge in [-0.05, 0) is 37.7 Å². The van der Waals surface area contributed by atoms with E-state index >= 15 is 0 Å². The number of carbonyl (C=O) groups excluding carboxylic acids is 1. The summed E-state index contributed by atoms with van der Waals surface area (Å²) in [5.74, 6) is 0.441. The van der Waals surface area contributed by atoms with Crippen LogP contribution in [0.1, 0.15) is 5.56 Å². The van der Waals surface area contributed by atoms with Crippen LogP contribution in [0.25, 0.3) is 0 Å². The van der Waals surface area contributed by atoms with Crippen LogP contribution in [-0.2, 0) is 0 Å². The van der Waals surface area contributed by atoms with Gasteiger partial charge in [-0.3, -0.25) is 4.90 Å². The number of carbonyl (C=O) groups is 1. The van der Waals surface area contributed by atoms with E-state index in [1.807, 2.05) is 37.1 Å². The van der Waals surface area contributed by atoms with E-state index < -0.39 is 0 Å². The molecule has 1 aliphatic rings. The van der Waals surface area contributed by atoms with Crippen molar-refractivity contribution in [3.8, 4) is 0 Å². The summed E-state index contributed by atoms with van der Waals surface area (Å²) in [5, 5.41) is 6.09. The molecule has 0 aromatic heterocycles. The van der Waals surface area contributed by atoms with Crippen LogP contribution in [0.3, 0.4) is 0 Å². The Kier molecular flexibility index (Phi) is 4.24. The third-order valence-corrected chi connectivity index (χ3v) is 4.06. The van der Waals surface area contributed by atoms with Gasteiger partial charge in [0.15, 0.2) is 0 Å². The van der Waals surface area contributed by atoms with Gasteiger partial charge in [0.05, 0.1) is 0 Å². The Balaban J connectivity index is 2.18. The van der Waals surface area contributed by atoms with Crippen molar-refractivity contribution in [1.82, 2.24) is 10.6 Å². The zero-order chi connectivity index (χ0) is 13.1. The second kappa shape index (κ2) is 5.71. The maximum absolute atomic E-state index is 11.9. The number of rotatable bonds is 3. The number of nitrogens with zero attached hydrogens (tertiary/aromatic N) is 1. The standard InChI is InChI=1S/C13H18BrN3O/c1-9-5-11(3-4-12(9)14)17-8-10(6-15-2)7-16-13(17)18/h3-5,10,15H,6-8H2,1-2H3,(H,16,18). The molecule has 0 radical (unpaired) electrons. The molecule has 0 saturated carbocycles. The molecule has 1 aromatic carbocycles. The van der Waals surface area contributed by atoms with E-state index in [4.69, 9.17) is 0 Å². The van der Waals surface area contributed by atoms with Gasteiger partial charge in [0.25, 0.3) is 0 Å². The topological polar surface area (TPSA) is 44.4 Å². The fourth-order valence-corrected chi connectivity index (χ4v) is 2.42. The zero-order valence-corrected chi connectivity index (χ0v) is 12.3. The van der Waals surface area contributed by atoms with E-state index in [1.54, 1.807) is 0 Å². The second-order valence-electron chi connectivity index (χ2n) is 4.65. The number of aryl methyl sites for hydroxylation is 1. The summed E-state index contributed by atoms with van der Waals surface area (Å²) in [6, 6.07) is 5.98. The van der Waals surface area contributed by atoms with Crippen LogP contribution in [0.5, 0.6) is 0 Å². The number of anilines is 1. The molecule has 0 aliphatic carbocycles. The van der Waals surface area contributed by atoms with Gasteiger partial charge in [-0.2, -0.15) is 0 Å². The average molecular weight is 312 g/mol. The molecule has 4 nitrogen and oxygen atoms in total. The predicted molar refractivity (Wildman–Crippen MR) is 77.0 cm³/mol. The smallest absolute Gasteiger partial charge is 0.321 e. The van der Waals surface area contributed by atoms with Gasteiger partial charge in [-0.1, -0.05) is 15.9 Å². The highest BCUT2D eigenvalue weighted by Crippen LogP contribution is 2.24. The molecule has 18 heavy (non-hydrogen) atoms. The predicted octanol–water partition coefficient (Wildman–Crippen LogP) is 2.12. The summed E-state index contributed by atoms with van der Waals surface area (Å²) < 4.78 is 1.07. The molecule has 1 atom stereocenters. The maximum Gasteiger partial charge on any atom is 0.321 e. The Morgan fingerprint density at radius 1 is 1.56 bits per heavy atom. The molecule has 2 N–H and O–H groups in total. The van der Waals surface area contributed by atoms with Crippen LogP contribution in [0, 0.1) is 12.8 Å². The van der Waals surface area contributed by atoms with Gasteiger partial charge in [0, 0.05) is 35.7 Å². The van der Waals surface area contributed by atoms with Gasteiger partial charge in [-0.15, -0.1) is 0 Å². The quantitative estimate of drug-likeness (QED) is 0.898. The monoisotopic (exact) mass is 311 g/mol. The SMILES string of the molecule is CNCC1CNC(=O)N(c2ccc(Br)c(C)c2)C1. The Bertz CT molecular complexity index is 450. The Labute approximate surface area is 116 Å². The van der Waals surface area contributed by atoms with E-state index in [0.29, 0.717) is 5.92 Å². The van der Waals surface area contributed by atoms with Crippen molar-refractivity contribution in [3.05, 3.63) is 28.2 Å². The van der Waals surface area contributed by atoms with Gasteiger partial charge in [0.2, 0.25) is 0 Å². The molecule has 2 rings (SSSR count). The second-order valence-corrected chi connectivity index (χ2v) is 5.51. The summed E-state index contributed by atoms with van der Waals surface area (Å²) in [6.07, 6.45) is 0. The van der Waals surface area contributed by atoms with E-state index in [0.717, 1.165) is 35.4 Å². The first-order valence-electron chi connectivity index (χ1n) is 6.08. The van der Waals surface area contributed by atoms with Gasteiger partial charge in [0.1, 0.15) is 0 Å². The molecule has 1 saturated heterocycles. The van der Waals surface area contributed by atoms with E-state index in [1.165, 1.54) is 0 Å². The van der Waals surface area contributed by atoms with E-state index in [-0.39, 0.29) is 6.03 Å². The van der Waals surface area contributed by atoms with Crippen LogP contribution >= 0.6 is 15.9 Å². The summed E-state index contributed by atoms with van der Waals surface area (Å²) in [5.41, 5.74) is 2.09. The minimum absolute atomic E-state index is 0.0101. The van der Waals surface area contributed by atoms with Crippen LogP contribution < -0.4 is 15.5 Å². The Hall–Kier alpha value is -1.07. The van der Waals surface area contributed by atoms with Crippen LogP contribution in [-0.4, -0.2) is 32.7 Å². The Morgan fingerprint density at radius 2 is 2.33 bits per heavy atom. The van der Waals surface area contributed by atoms with Gasteiger partial charge >= 0.3 is 6.03 Å². The Morgan fingerprint density at radius 3 is 3.00 bits per heavy atom. The number of hydrogen-bond acceptors (Lipinski definition) is 2. The van der Waals surface area contributed by atoms with Crippen molar-refractivity contribution in [2.24, 2.45) is 5.92 Å². The van der Waals surface area contributed by atoms with Crippen LogP contribution in [0.15, 0.2) is 22.7 Å². The molecule has 1 aromatic rings. The molecule has 1 heterocycles. The van der Waals surface area contributed by atoms with Crippen molar-refractivity contribution in [2.45, 2.75) is 6.92 Å². The normalized spacial score (nSPS) is 19.8. The molecule has 98 valence electrons. The first-order chi connectivity index (χ1) is 8.61. The molecule has 0 spiro atoms. The highest BCUT2D eigenvalue weighted by molar-refractivity contribution is 9.10. The third-order valence-electron chi connectivity index (χ3n) is 3.17. The number of amides is 2. The number of halogens is 1. The fraction of sp³-hybridized carbons (Fsp3) is 0.462. The van der Waals surface area contributed by atoms with Crippen molar-refractivity contribution < 1.29 is 4.79 Å². The van der Waals surface area contributed by atoms with Crippen molar-refractivity contribution >= 4 is 27.6 Å². The molecular weight excluding hydrogens is 294 g/mol. The first-order valence-corrected chi connectivity index (χ1v) is 6.87. The number of benzene rings is 1. The van der Waals surface area contributed by atoms with Crippen molar-refractivity contribution in [3.63, 3.8) is 0 Å². The minimum atomic E-state index is -0.0101. The molecule has 1 aliphatic heterocycles. The fourth-order valence-electron chi connectivity index (χ4n) is 2.18. The van der Waals surface area contributed by atoms with E-state index in [9.17, 15) is 4.79 Å². The first kappa shape index (κ1) is 13.4. The summed E-state index contributed by atoms with van der Waals surface area (Å²) in [6.45, 7) is 4.44. The average Bonchev–Trinajstić information content (AvgIpc) is 2.35.